The zero-order valence-corrected chi connectivity index (χ0v) is 14.3. The van der Waals surface area contributed by atoms with Gasteiger partial charge in [-0.1, -0.05) is 13.7 Å². The Morgan fingerprint density at radius 3 is 2.55 bits per heavy atom. The number of ether oxygens (including phenoxy) is 2. The molecule has 1 saturated heterocycles. The zero-order chi connectivity index (χ0) is 16.5. The molecular weight excluding hydrogens is 281 g/mol. The van der Waals surface area contributed by atoms with Crippen LogP contribution < -0.4 is 0 Å². The highest BCUT2D eigenvalue weighted by Crippen LogP contribution is 2.47. The van der Waals surface area contributed by atoms with Gasteiger partial charge >= 0.3 is 12.1 Å². The summed E-state index contributed by atoms with van der Waals surface area (Å²) in [6.45, 7) is 9.97. The molecule has 5 nitrogen and oxygen atoms in total. The van der Waals surface area contributed by atoms with Gasteiger partial charge in [-0.25, -0.2) is 9.59 Å². The molecule has 6 heteroatoms. The van der Waals surface area contributed by atoms with Crippen molar-refractivity contribution in [3.05, 3.63) is 0 Å². The molecule has 1 aliphatic carbocycles. The van der Waals surface area contributed by atoms with Gasteiger partial charge in [0.25, 0.3) is 0 Å². The molecule has 1 amide bonds. The molecule has 0 aromatic heterocycles. The fourth-order valence-corrected chi connectivity index (χ4v) is 3.58. The lowest BCUT2D eigenvalue weighted by Gasteiger charge is -2.37. The Balaban J connectivity index is 2.09. The van der Waals surface area contributed by atoms with E-state index < -0.39 is 17.7 Å². The number of amides is 1. The molecule has 2 fully saturated rings. The number of rotatable bonds is 4. The number of hydrogen-bond donors (Lipinski definition) is 0. The summed E-state index contributed by atoms with van der Waals surface area (Å²) >= 11 is 0. The number of likely N-dealkylation sites (tertiary alicyclic amines) is 1. The van der Waals surface area contributed by atoms with Crippen LogP contribution in [-0.4, -0.2) is 48.5 Å². The van der Waals surface area contributed by atoms with E-state index in [1.807, 2.05) is 34.9 Å². The molecule has 1 radical (unpaired) electrons. The maximum Gasteiger partial charge on any atom is 0.411 e. The fourth-order valence-electron chi connectivity index (χ4n) is 3.58. The molecule has 1 aliphatic heterocycles. The highest BCUT2D eigenvalue weighted by Gasteiger charge is 2.56. The summed E-state index contributed by atoms with van der Waals surface area (Å²) in [5.74, 6) is 0.348. The van der Waals surface area contributed by atoms with Crippen molar-refractivity contribution < 1.29 is 19.1 Å². The van der Waals surface area contributed by atoms with Gasteiger partial charge in [-0.05, 0) is 51.8 Å². The predicted molar refractivity (Wildman–Crippen MR) is 84.9 cm³/mol. The first-order valence-electron chi connectivity index (χ1n) is 8.20. The van der Waals surface area contributed by atoms with Crippen molar-refractivity contribution in [2.45, 2.75) is 71.4 Å². The number of carbonyl (C=O) groups is 2. The van der Waals surface area contributed by atoms with E-state index in [0.717, 1.165) is 19.2 Å². The molecule has 1 unspecified atom stereocenters. The van der Waals surface area contributed by atoms with Gasteiger partial charge in [0.15, 0.2) is 0 Å². The lowest BCUT2D eigenvalue weighted by molar-refractivity contribution is -0.151. The van der Waals surface area contributed by atoms with Crippen LogP contribution in [0.25, 0.3) is 0 Å². The summed E-state index contributed by atoms with van der Waals surface area (Å²) in [6.07, 6.45) is 2.15. The monoisotopic (exact) mass is 308 g/mol. The van der Waals surface area contributed by atoms with Crippen molar-refractivity contribution in [2.75, 3.05) is 6.61 Å². The normalized spacial score (nSPS) is 30.3. The van der Waals surface area contributed by atoms with Crippen LogP contribution in [0.1, 0.15) is 40.5 Å². The Bertz CT molecular complexity index is 434. The van der Waals surface area contributed by atoms with Gasteiger partial charge in [0.05, 0.1) is 6.61 Å². The van der Waals surface area contributed by atoms with Gasteiger partial charge in [-0.2, -0.15) is 0 Å². The third-order valence-electron chi connectivity index (χ3n) is 4.51. The van der Waals surface area contributed by atoms with Crippen LogP contribution in [0.15, 0.2) is 0 Å². The van der Waals surface area contributed by atoms with Crippen LogP contribution >= 0.6 is 0 Å². The van der Waals surface area contributed by atoms with Crippen LogP contribution in [-0.2, 0) is 14.3 Å². The SMILES string of the molecule is C[B]CCOC(=O)[C@H]1[C@H]2CC(C[C@H]2C)N1C(=O)OC(C)(C)C. The predicted octanol–water partition coefficient (Wildman–Crippen LogP) is 2.73. The standard InChI is InChI=1S/C16H27BNO4/c1-10-8-11-9-12(10)13(14(19)21-7-6-17-5)18(11)15(20)22-16(2,3)4/h10-13H,6-9H2,1-5H3/t10-,11?,12+,13-/m1/s1. The van der Waals surface area contributed by atoms with Crippen LogP contribution in [0.4, 0.5) is 4.79 Å². The van der Waals surface area contributed by atoms with Gasteiger partial charge in [-0.15, -0.1) is 0 Å². The third-order valence-corrected chi connectivity index (χ3v) is 4.51. The van der Waals surface area contributed by atoms with Crippen molar-refractivity contribution in [2.24, 2.45) is 11.8 Å². The van der Waals surface area contributed by atoms with Crippen LogP contribution in [0, 0.1) is 11.8 Å². The van der Waals surface area contributed by atoms with Crippen molar-refractivity contribution >= 4 is 19.3 Å². The number of nitrogens with zero attached hydrogens (tertiary/aromatic N) is 1. The highest BCUT2D eigenvalue weighted by molar-refractivity contribution is 6.33. The van der Waals surface area contributed by atoms with E-state index in [4.69, 9.17) is 9.47 Å². The van der Waals surface area contributed by atoms with Crippen molar-refractivity contribution in [3.63, 3.8) is 0 Å². The van der Waals surface area contributed by atoms with E-state index in [-0.39, 0.29) is 17.9 Å². The molecule has 0 spiro atoms. The van der Waals surface area contributed by atoms with Crippen molar-refractivity contribution in [1.29, 1.82) is 0 Å². The molecule has 1 heterocycles. The third kappa shape index (κ3) is 3.58. The Morgan fingerprint density at radius 2 is 1.95 bits per heavy atom. The van der Waals surface area contributed by atoms with Gasteiger partial charge in [0, 0.05) is 6.04 Å². The molecule has 2 rings (SSSR count). The average Bonchev–Trinajstić information content (AvgIpc) is 2.93. The second-order valence-corrected chi connectivity index (χ2v) is 7.46. The fraction of sp³-hybridized carbons (Fsp3) is 0.875. The van der Waals surface area contributed by atoms with Crippen LogP contribution in [0.3, 0.4) is 0 Å². The van der Waals surface area contributed by atoms with Gasteiger partial charge in [0.1, 0.15) is 18.9 Å². The van der Waals surface area contributed by atoms with Gasteiger partial charge in [0.2, 0.25) is 0 Å². The van der Waals surface area contributed by atoms with Crippen molar-refractivity contribution in [3.8, 4) is 0 Å². The topological polar surface area (TPSA) is 55.8 Å². The first-order chi connectivity index (χ1) is 10.2. The summed E-state index contributed by atoms with van der Waals surface area (Å²) < 4.78 is 10.8. The Kier molecular flexibility index (Phi) is 5.08. The number of hydrogen-bond acceptors (Lipinski definition) is 4. The molecule has 4 atom stereocenters. The lowest BCUT2D eigenvalue weighted by atomic mass is 9.79. The second-order valence-electron chi connectivity index (χ2n) is 7.46. The molecular formula is C16H27BNO4. The lowest BCUT2D eigenvalue weighted by Crippen LogP contribution is -2.52. The number of fused-ring (bicyclic) bond motifs is 2. The van der Waals surface area contributed by atoms with E-state index in [1.54, 1.807) is 4.90 Å². The molecule has 2 aliphatic rings. The summed E-state index contributed by atoms with van der Waals surface area (Å²) in [6, 6.07) is -0.384. The number of carbonyl (C=O) groups excluding carboxylic acids is 2. The molecule has 123 valence electrons. The zero-order valence-electron chi connectivity index (χ0n) is 14.3. The van der Waals surface area contributed by atoms with E-state index >= 15 is 0 Å². The second kappa shape index (κ2) is 6.51. The summed E-state index contributed by atoms with van der Waals surface area (Å²) in [4.78, 5) is 26.6. The molecule has 2 bridgehead atoms. The summed E-state index contributed by atoms with van der Waals surface area (Å²) in [5.41, 5.74) is -0.559. The van der Waals surface area contributed by atoms with E-state index in [9.17, 15) is 9.59 Å². The first-order valence-corrected chi connectivity index (χ1v) is 8.20. The first kappa shape index (κ1) is 17.2. The molecule has 0 aromatic carbocycles. The quantitative estimate of drug-likeness (QED) is 0.455. The van der Waals surface area contributed by atoms with Crippen LogP contribution in [0.5, 0.6) is 0 Å². The minimum atomic E-state index is -0.559. The summed E-state index contributed by atoms with van der Waals surface area (Å²) in [5, 5.41) is 0. The number of piperidine rings is 1. The van der Waals surface area contributed by atoms with Crippen LogP contribution in [0.2, 0.25) is 13.1 Å². The van der Waals surface area contributed by atoms with E-state index in [1.165, 1.54) is 0 Å². The summed E-state index contributed by atoms with van der Waals surface area (Å²) in [7, 11) is 1.96. The van der Waals surface area contributed by atoms with E-state index in [2.05, 4.69) is 6.92 Å². The maximum atomic E-state index is 12.5. The molecule has 22 heavy (non-hydrogen) atoms. The average molecular weight is 308 g/mol. The molecule has 1 saturated carbocycles. The molecule has 0 N–H and O–H groups in total. The maximum absolute atomic E-state index is 12.5. The highest BCUT2D eigenvalue weighted by atomic mass is 16.6. The minimum absolute atomic E-state index is 0.102. The van der Waals surface area contributed by atoms with Gasteiger partial charge in [-0.3, -0.25) is 4.90 Å². The minimum Gasteiger partial charge on any atom is -0.465 e. The Morgan fingerprint density at radius 1 is 1.27 bits per heavy atom. The largest absolute Gasteiger partial charge is 0.465 e. The Labute approximate surface area is 133 Å². The van der Waals surface area contributed by atoms with Gasteiger partial charge < -0.3 is 9.47 Å². The smallest absolute Gasteiger partial charge is 0.411 e. The van der Waals surface area contributed by atoms with E-state index in [0.29, 0.717) is 12.5 Å². The molecule has 0 aromatic rings. The number of esters is 1. The Hall–Kier alpha value is -1.20. The van der Waals surface area contributed by atoms with Crippen molar-refractivity contribution in [1.82, 2.24) is 4.90 Å².